The van der Waals surface area contributed by atoms with Gasteiger partial charge in [0.2, 0.25) is 0 Å². The molecule has 1 aromatic heterocycles. The third-order valence-corrected chi connectivity index (χ3v) is 5.49. The number of methoxy groups -OCH3 is 1. The van der Waals surface area contributed by atoms with Crippen LogP contribution in [-0.4, -0.2) is 35.9 Å². The normalized spacial score (nSPS) is 14.0. The van der Waals surface area contributed by atoms with Crippen LogP contribution < -0.4 is 5.32 Å². The summed E-state index contributed by atoms with van der Waals surface area (Å²) in [6.45, 7) is 4.61. The first-order chi connectivity index (χ1) is 10.1. The maximum Gasteiger partial charge on any atom is 0.325 e. The number of thioether (sulfide) groups is 1. The standard InChI is InChI=1S/C15H20N2O2S2/c1-4-16-15(2,13(18)19-3)9-10-20-14-17-11-7-5-6-8-12(11)21-14/h5-8,16H,4,9-10H2,1-3H3. The quantitative estimate of drug-likeness (QED) is 0.625. The number of hydrogen-bond acceptors (Lipinski definition) is 6. The molecule has 1 atom stereocenters. The van der Waals surface area contributed by atoms with Crippen molar-refractivity contribution in [1.29, 1.82) is 0 Å². The molecule has 1 aromatic carbocycles. The van der Waals surface area contributed by atoms with Gasteiger partial charge in [-0.15, -0.1) is 11.3 Å². The summed E-state index contributed by atoms with van der Waals surface area (Å²) in [5.74, 6) is 0.604. The van der Waals surface area contributed by atoms with Crippen LogP contribution in [-0.2, 0) is 9.53 Å². The second kappa shape index (κ2) is 7.24. The van der Waals surface area contributed by atoms with Gasteiger partial charge >= 0.3 is 5.97 Å². The number of para-hydroxylation sites is 1. The van der Waals surface area contributed by atoms with Gasteiger partial charge in [-0.1, -0.05) is 30.8 Å². The maximum atomic E-state index is 11.9. The van der Waals surface area contributed by atoms with Crippen LogP contribution in [0.5, 0.6) is 0 Å². The van der Waals surface area contributed by atoms with Gasteiger partial charge in [-0.05, 0) is 32.0 Å². The molecule has 114 valence electrons. The molecule has 0 saturated carbocycles. The number of esters is 1. The summed E-state index contributed by atoms with van der Waals surface area (Å²) in [5.41, 5.74) is 0.403. The Morgan fingerprint density at radius 2 is 2.24 bits per heavy atom. The molecule has 0 spiro atoms. The first-order valence-corrected chi connectivity index (χ1v) is 8.71. The highest BCUT2D eigenvalue weighted by Gasteiger charge is 2.32. The predicted octanol–water partition coefficient (Wildman–Crippen LogP) is 3.32. The topological polar surface area (TPSA) is 51.2 Å². The van der Waals surface area contributed by atoms with Gasteiger partial charge in [0.25, 0.3) is 0 Å². The van der Waals surface area contributed by atoms with Gasteiger partial charge in [0.15, 0.2) is 4.34 Å². The summed E-state index contributed by atoms with van der Waals surface area (Å²) in [6.07, 6.45) is 0.702. The number of nitrogens with zero attached hydrogens (tertiary/aromatic N) is 1. The molecule has 1 heterocycles. The molecule has 6 heteroatoms. The fraction of sp³-hybridized carbons (Fsp3) is 0.467. The number of fused-ring (bicyclic) bond motifs is 1. The van der Waals surface area contributed by atoms with Crippen LogP contribution in [0.15, 0.2) is 28.6 Å². The summed E-state index contributed by atoms with van der Waals surface area (Å²) in [6, 6.07) is 8.12. The smallest absolute Gasteiger partial charge is 0.325 e. The predicted molar refractivity (Wildman–Crippen MR) is 89.1 cm³/mol. The summed E-state index contributed by atoms with van der Waals surface area (Å²) in [4.78, 5) is 16.5. The minimum atomic E-state index is -0.632. The zero-order chi connectivity index (χ0) is 15.3. The SMILES string of the molecule is CCNC(C)(CCSc1nc2ccccc2s1)C(=O)OC. The molecule has 4 nitrogen and oxygen atoms in total. The number of thiazole rings is 1. The number of aromatic nitrogens is 1. The van der Waals surface area contributed by atoms with Crippen molar-refractivity contribution in [3.8, 4) is 0 Å². The number of benzene rings is 1. The molecule has 1 unspecified atom stereocenters. The van der Waals surface area contributed by atoms with E-state index in [1.165, 1.54) is 11.8 Å². The number of rotatable bonds is 7. The Kier molecular flexibility index (Phi) is 5.61. The van der Waals surface area contributed by atoms with E-state index >= 15 is 0 Å². The average Bonchev–Trinajstić information content (AvgIpc) is 2.89. The van der Waals surface area contributed by atoms with Gasteiger partial charge in [0.1, 0.15) is 5.54 Å². The maximum absolute atomic E-state index is 11.9. The molecule has 2 rings (SSSR count). The minimum absolute atomic E-state index is 0.214. The molecule has 0 radical (unpaired) electrons. The molecule has 21 heavy (non-hydrogen) atoms. The van der Waals surface area contributed by atoms with E-state index in [1.54, 1.807) is 23.1 Å². The molecule has 0 aliphatic heterocycles. The number of nitrogens with one attached hydrogen (secondary N) is 1. The molecule has 2 aromatic rings. The van der Waals surface area contributed by atoms with Crippen molar-refractivity contribution in [2.75, 3.05) is 19.4 Å². The van der Waals surface area contributed by atoms with Crippen LogP contribution in [0.1, 0.15) is 20.3 Å². The van der Waals surface area contributed by atoms with Gasteiger partial charge in [0.05, 0.1) is 17.3 Å². The van der Waals surface area contributed by atoms with Crippen LogP contribution in [0.3, 0.4) is 0 Å². The lowest BCUT2D eigenvalue weighted by molar-refractivity contribution is -0.147. The monoisotopic (exact) mass is 324 g/mol. The van der Waals surface area contributed by atoms with E-state index in [2.05, 4.69) is 16.4 Å². The van der Waals surface area contributed by atoms with E-state index in [-0.39, 0.29) is 5.97 Å². The van der Waals surface area contributed by atoms with Crippen LogP contribution in [0.2, 0.25) is 0 Å². The van der Waals surface area contributed by atoms with Gasteiger partial charge in [-0.2, -0.15) is 0 Å². The molecule has 0 aliphatic rings. The zero-order valence-electron chi connectivity index (χ0n) is 12.5. The lowest BCUT2D eigenvalue weighted by Crippen LogP contribution is -2.50. The van der Waals surface area contributed by atoms with Crippen molar-refractivity contribution < 1.29 is 9.53 Å². The highest BCUT2D eigenvalue weighted by Crippen LogP contribution is 2.30. The van der Waals surface area contributed by atoms with Gasteiger partial charge in [-0.25, -0.2) is 4.98 Å². The Balaban J connectivity index is 1.97. The third kappa shape index (κ3) is 3.96. The Morgan fingerprint density at radius 3 is 2.90 bits per heavy atom. The second-order valence-electron chi connectivity index (χ2n) is 4.90. The van der Waals surface area contributed by atoms with E-state index in [1.807, 2.05) is 32.0 Å². The highest BCUT2D eigenvalue weighted by molar-refractivity contribution is 8.01. The Labute approximate surface area is 133 Å². The Bertz CT molecular complexity index is 581. The van der Waals surface area contributed by atoms with Gasteiger partial charge in [-0.3, -0.25) is 4.79 Å². The molecular formula is C15H20N2O2S2. The number of carbonyl (C=O) groups excluding carboxylic acids is 1. The van der Waals surface area contributed by atoms with E-state index in [4.69, 9.17) is 4.74 Å². The first kappa shape index (κ1) is 16.3. The lowest BCUT2D eigenvalue weighted by Gasteiger charge is -2.27. The van der Waals surface area contributed by atoms with Crippen LogP contribution in [0, 0.1) is 0 Å². The average molecular weight is 324 g/mol. The summed E-state index contributed by atoms with van der Waals surface area (Å²) >= 11 is 3.38. The largest absolute Gasteiger partial charge is 0.468 e. The van der Waals surface area contributed by atoms with Crippen LogP contribution in [0.25, 0.3) is 10.2 Å². The third-order valence-electron chi connectivity index (χ3n) is 3.30. The summed E-state index contributed by atoms with van der Waals surface area (Å²) in [7, 11) is 1.43. The van der Waals surface area contributed by atoms with E-state index in [0.717, 1.165) is 22.2 Å². The zero-order valence-corrected chi connectivity index (χ0v) is 14.1. The molecule has 0 aliphatic carbocycles. The summed E-state index contributed by atoms with van der Waals surface area (Å²) < 4.78 is 7.13. The first-order valence-electron chi connectivity index (χ1n) is 6.91. The Morgan fingerprint density at radius 1 is 1.48 bits per heavy atom. The number of ether oxygens (including phenoxy) is 1. The fourth-order valence-electron chi connectivity index (χ4n) is 2.13. The van der Waals surface area contributed by atoms with Crippen molar-refractivity contribution >= 4 is 39.3 Å². The van der Waals surface area contributed by atoms with Crippen molar-refractivity contribution in [3.63, 3.8) is 0 Å². The van der Waals surface area contributed by atoms with Crippen LogP contribution >= 0.6 is 23.1 Å². The number of hydrogen-bond donors (Lipinski definition) is 1. The van der Waals surface area contributed by atoms with E-state index in [9.17, 15) is 4.79 Å². The number of likely N-dealkylation sites (N-methyl/N-ethyl adjacent to an activating group) is 1. The van der Waals surface area contributed by atoms with Crippen molar-refractivity contribution in [2.45, 2.75) is 30.1 Å². The molecule has 0 bridgehead atoms. The number of carbonyl (C=O) groups is 1. The molecule has 0 saturated heterocycles. The highest BCUT2D eigenvalue weighted by atomic mass is 32.2. The molecule has 0 fully saturated rings. The van der Waals surface area contributed by atoms with Crippen molar-refractivity contribution in [3.05, 3.63) is 24.3 Å². The van der Waals surface area contributed by atoms with E-state index in [0.29, 0.717) is 6.42 Å². The van der Waals surface area contributed by atoms with Gasteiger partial charge in [0, 0.05) is 5.75 Å². The van der Waals surface area contributed by atoms with Crippen molar-refractivity contribution in [2.24, 2.45) is 0 Å². The molecular weight excluding hydrogens is 304 g/mol. The Hall–Kier alpha value is -1.11. The van der Waals surface area contributed by atoms with Crippen molar-refractivity contribution in [1.82, 2.24) is 10.3 Å². The fourth-order valence-corrected chi connectivity index (χ4v) is 4.43. The molecule has 1 N–H and O–H groups in total. The van der Waals surface area contributed by atoms with E-state index < -0.39 is 5.54 Å². The van der Waals surface area contributed by atoms with Crippen LogP contribution in [0.4, 0.5) is 0 Å². The summed E-state index contributed by atoms with van der Waals surface area (Å²) in [5, 5.41) is 3.22. The van der Waals surface area contributed by atoms with Gasteiger partial charge < -0.3 is 10.1 Å². The minimum Gasteiger partial charge on any atom is -0.468 e. The molecule has 0 amide bonds. The second-order valence-corrected chi connectivity index (χ2v) is 7.27. The lowest BCUT2D eigenvalue weighted by atomic mass is 9.99.